The van der Waals surface area contributed by atoms with E-state index in [2.05, 4.69) is 29.3 Å². The van der Waals surface area contributed by atoms with Crippen molar-refractivity contribution in [2.75, 3.05) is 36.4 Å². The quantitative estimate of drug-likeness (QED) is 0.687. The summed E-state index contributed by atoms with van der Waals surface area (Å²) in [5.41, 5.74) is 2.81. The zero-order chi connectivity index (χ0) is 17.8. The number of urea groups is 1. The summed E-state index contributed by atoms with van der Waals surface area (Å²) < 4.78 is 0. The van der Waals surface area contributed by atoms with Gasteiger partial charge in [0.05, 0.1) is 4.92 Å². The topological polar surface area (TPSA) is 78.7 Å². The van der Waals surface area contributed by atoms with Crippen LogP contribution >= 0.6 is 0 Å². The predicted molar refractivity (Wildman–Crippen MR) is 97.1 cm³/mol. The maximum Gasteiger partial charge on any atom is 0.321 e. The molecule has 0 atom stereocenters. The number of carbonyl (C=O) groups is 1. The van der Waals surface area contributed by atoms with E-state index < -0.39 is 4.92 Å². The molecule has 130 valence electrons. The number of para-hydroxylation sites is 1. The second-order valence-corrected chi connectivity index (χ2v) is 6.00. The van der Waals surface area contributed by atoms with Crippen molar-refractivity contribution in [3.63, 3.8) is 0 Å². The van der Waals surface area contributed by atoms with Gasteiger partial charge >= 0.3 is 6.03 Å². The Morgan fingerprint density at radius 1 is 1.08 bits per heavy atom. The largest absolute Gasteiger partial charge is 0.368 e. The Bertz CT molecular complexity index is 785. The third kappa shape index (κ3) is 3.88. The number of hydrogen-bond acceptors (Lipinski definition) is 4. The first-order valence-corrected chi connectivity index (χ1v) is 8.15. The lowest BCUT2D eigenvalue weighted by Crippen LogP contribution is -2.50. The lowest BCUT2D eigenvalue weighted by atomic mass is 10.1. The first kappa shape index (κ1) is 16.8. The number of nitro groups is 1. The summed E-state index contributed by atoms with van der Waals surface area (Å²) in [5, 5.41) is 13.6. The number of nitrogens with zero attached hydrogens (tertiary/aromatic N) is 3. The molecule has 0 bridgehead atoms. The maximum absolute atomic E-state index is 12.4. The summed E-state index contributed by atoms with van der Waals surface area (Å²) in [6.45, 7) is 4.81. The van der Waals surface area contributed by atoms with Crippen molar-refractivity contribution < 1.29 is 9.72 Å². The van der Waals surface area contributed by atoms with Gasteiger partial charge in [-0.15, -0.1) is 0 Å². The Morgan fingerprint density at radius 2 is 1.80 bits per heavy atom. The number of carbonyl (C=O) groups excluding carboxylic acids is 1. The van der Waals surface area contributed by atoms with Crippen LogP contribution < -0.4 is 10.2 Å². The Hall–Kier alpha value is -3.09. The lowest BCUT2D eigenvalue weighted by molar-refractivity contribution is -0.384. The fourth-order valence-corrected chi connectivity index (χ4v) is 2.97. The molecular formula is C18H20N4O3. The van der Waals surface area contributed by atoms with Crippen LogP contribution in [0, 0.1) is 17.0 Å². The average Bonchev–Trinajstić information content (AvgIpc) is 2.62. The van der Waals surface area contributed by atoms with E-state index in [9.17, 15) is 14.9 Å². The zero-order valence-electron chi connectivity index (χ0n) is 14.0. The molecule has 1 saturated heterocycles. The smallest absolute Gasteiger partial charge is 0.321 e. The Morgan fingerprint density at radius 3 is 2.48 bits per heavy atom. The van der Waals surface area contributed by atoms with Gasteiger partial charge in [0.1, 0.15) is 0 Å². The molecule has 7 nitrogen and oxygen atoms in total. The summed E-state index contributed by atoms with van der Waals surface area (Å²) in [7, 11) is 0. The molecule has 1 aliphatic rings. The molecule has 0 spiro atoms. The number of nitrogens with one attached hydrogen (secondary N) is 1. The number of amides is 2. The molecule has 2 amide bonds. The molecule has 1 heterocycles. The highest BCUT2D eigenvalue weighted by Gasteiger charge is 2.22. The number of anilines is 2. The summed E-state index contributed by atoms with van der Waals surface area (Å²) in [6, 6.07) is 13.9. The number of rotatable bonds is 3. The van der Waals surface area contributed by atoms with E-state index in [1.54, 1.807) is 17.0 Å². The van der Waals surface area contributed by atoms with Gasteiger partial charge in [0.25, 0.3) is 5.69 Å². The minimum atomic E-state index is -0.476. The molecule has 7 heteroatoms. The fraction of sp³-hybridized carbons (Fsp3) is 0.278. The van der Waals surface area contributed by atoms with E-state index in [4.69, 9.17) is 0 Å². The zero-order valence-corrected chi connectivity index (χ0v) is 14.0. The van der Waals surface area contributed by atoms with Crippen LogP contribution in [-0.4, -0.2) is 42.0 Å². The summed E-state index contributed by atoms with van der Waals surface area (Å²) >= 11 is 0. The van der Waals surface area contributed by atoms with E-state index in [1.807, 2.05) is 12.1 Å². The molecule has 3 rings (SSSR count). The molecule has 0 radical (unpaired) electrons. The van der Waals surface area contributed by atoms with E-state index in [0.717, 1.165) is 13.1 Å². The van der Waals surface area contributed by atoms with E-state index in [-0.39, 0.29) is 11.7 Å². The summed E-state index contributed by atoms with van der Waals surface area (Å²) in [5.74, 6) is 0. The van der Waals surface area contributed by atoms with Gasteiger partial charge in [0, 0.05) is 49.7 Å². The van der Waals surface area contributed by atoms with Gasteiger partial charge < -0.3 is 15.1 Å². The number of aryl methyl sites for hydroxylation is 1. The van der Waals surface area contributed by atoms with Crippen molar-refractivity contribution in [3.05, 3.63) is 64.2 Å². The van der Waals surface area contributed by atoms with Crippen LogP contribution in [0.5, 0.6) is 0 Å². The monoisotopic (exact) mass is 340 g/mol. The van der Waals surface area contributed by atoms with Crippen molar-refractivity contribution in [2.24, 2.45) is 0 Å². The Kier molecular flexibility index (Phi) is 4.83. The minimum Gasteiger partial charge on any atom is -0.368 e. The SMILES string of the molecule is Cc1ccccc1N1CCN(C(=O)Nc2cccc([N+](=O)[O-])c2)CC1. The van der Waals surface area contributed by atoms with Gasteiger partial charge in [0.15, 0.2) is 0 Å². The first-order chi connectivity index (χ1) is 12.0. The highest BCUT2D eigenvalue weighted by Crippen LogP contribution is 2.21. The minimum absolute atomic E-state index is 0.0397. The summed E-state index contributed by atoms with van der Waals surface area (Å²) in [4.78, 5) is 26.7. The Labute approximate surface area is 146 Å². The standard InChI is InChI=1S/C18H20N4O3/c1-14-5-2-3-8-17(14)20-9-11-21(12-10-20)18(23)19-15-6-4-7-16(13-15)22(24)25/h2-8,13H,9-12H2,1H3,(H,19,23). The Balaban J connectivity index is 1.59. The fourth-order valence-electron chi connectivity index (χ4n) is 2.97. The van der Waals surface area contributed by atoms with Crippen molar-refractivity contribution in [2.45, 2.75) is 6.92 Å². The second-order valence-electron chi connectivity index (χ2n) is 6.00. The van der Waals surface area contributed by atoms with Gasteiger partial charge in [0.2, 0.25) is 0 Å². The van der Waals surface area contributed by atoms with Crippen LogP contribution in [0.4, 0.5) is 21.9 Å². The molecule has 0 aromatic heterocycles. The summed E-state index contributed by atoms with van der Waals surface area (Å²) in [6.07, 6.45) is 0. The molecule has 0 saturated carbocycles. The molecule has 1 fully saturated rings. The van der Waals surface area contributed by atoms with Crippen molar-refractivity contribution in [1.29, 1.82) is 0 Å². The van der Waals surface area contributed by atoms with Crippen LogP contribution in [0.15, 0.2) is 48.5 Å². The van der Waals surface area contributed by atoms with Crippen molar-refractivity contribution >= 4 is 23.1 Å². The van der Waals surface area contributed by atoms with E-state index in [0.29, 0.717) is 18.8 Å². The lowest BCUT2D eigenvalue weighted by Gasteiger charge is -2.36. The van der Waals surface area contributed by atoms with Gasteiger partial charge in [-0.05, 0) is 24.6 Å². The maximum atomic E-state index is 12.4. The van der Waals surface area contributed by atoms with Gasteiger partial charge in [-0.25, -0.2) is 4.79 Å². The van der Waals surface area contributed by atoms with E-state index >= 15 is 0 Å². The number of nitro benzene ring substituents is 1. The van der Waals surface area contributed by atoms with Crippen LogP contribution in [0.3, 0.4) is 0 Å². The van der Waals surface area contributed by atoms with Crippen LogP contribution in [0.2, 0.25) is 0 Å². The molecule has 2 aromatic carbocycles. The third-order valence-corrected chi connectivity index (χ3v) is 4.33. The first-order valence-electron chi connectivity index (χ1n) is 8.15. The molecule has 1 N–H and O–H groups in total. The van der Waals surface area contributed by atoms with E-state index in [1.165, 1.54) is 23.4 Å². The average molecular weight is 340 g/mol. The molecule has 0 unspecified atom stereocenters. The van der Waals surface area contributed by atoms with Gasteiger partial charge in [-0.1, -0.05) is 24.3 Å². The number of piperazine rings is 1. The predicted octanol–water partition coefficient (Wildman–Crippen LogP) is 3.26. The second kappa shape index (κ2) is 7.21. The highest BCUT2D eigenvalue weighted by atomic mass is 16.6. The van der Waals surface area contributed by atoms with Crippen molar-refractivity contribution in [1.82, 2.24) is 4.90 Å². The molecule has 25 heavy (non-hydrogen) atoms. The van der Waals surface area contributed by atoms with Gasteiger partial charge in [-0.3, -0.25) is 10.1 Å². The number of non-ortho nitro benzene ring substituents is 1. The number of hydrogen-bond donors (Lipinski definition) is 1. The molecule has 1 aliphatic heterocycles. The van der Waals surface area contributed by atoms with Crippen LogP contribution in [0.25, 0.3) is 0 Å². The normalized spacial score (nSPS) is 14.3. The molecule has 0 aliphatic carbocycles. The van der Waals surface area contributed by atoms with Crippen molar-refractivity contribution in [3.8, 4) is 0 Å². The molecule has 2 aromatic rings. The highest BCUT2D eigenvalue weighted by molar-refractivity contribution is 5.89. The number of benzene rings is 2. The van der Waals surface area contributed by atoms with Crippen LogP contribution in [0.1, 0.15) is 5.56 Å². The van der Waals surface area contributed by atoms with Gasteiger partial charge in [-0.2, -0.15) is 0 Å². The van der Waals surface area contributed by atoms with Crippen LogP contribution in [-0.2, 0) is 0 Å². The third-order valence-electron chi connectivity index (χ3n) is 4.33. The molecular weight excluding hydrogens is 320 g/mol.